The second-order valence-electron chi connectivity index (χ2n) is 2.92. The van der Waals surface area contributed by atoms with Crippen molar-refractivity contribution >= 4 is 26.7 Å². The number of ether oxygens (including phenoxy) is 1. The minimum atomic E-state index is -2.30. The Balaban J connectivity index is 2.72. The van der Waals surface area contributed by atoms with E-state index in [-0.39, 0.29) is 5.75 Å². The van der Waals surface area contributed by atoms with Gasteiger partial charge in [-0.15, -0.1) is 0 Å². The summed E-state index contributed by atoms with van der Waals surface area (Å²) in [7, 11) is 0. The SMILES string of the molecule is [2H]C(F)Oc1c(F)ccc2cccc(Br)c12. The van der Waals surface area contributed by atoms with Crippen LogP contribution in [0.4, 0.5) is 8.78 Å². The summed E-state index contributed by atoms with van der Waals surface area (Å²) in [6.45, 7) is -2.30. The number of halogens is 3. The van der Waals surface area contributed by atoms with Crippen LogP contribution in [0.3, 0.4) is 0 Å². The van der Waals surface area contributed by atoms with Crippen LogP contribution in [0.5, 0.6) is 5.75 Å². The van der Waals surface area contributed by atoms with Crippen molar-refractivity contribution < 1.29 is 14.9 Å². The minimum absolute atomic E-state index is 0.243. The second-order valence-corrected chi connectivity index (χ2v) is 3.78. The molecule has 0 heterocycles. The second kappa shape index (κ2) is 4.14. The van der Waals surface area contributed by atoms with Gasteiger partial charge in [0, 0.05) is 9.86 Å². The van der Waals surface area contributed by atoms with Gasteiger partial charge >= 0.3 is 0 Å². The van der Waals surface area contributed by atoms with Crippen LogP contribution in [0.2, 0.25) is 0 Å². The van der Waals surface area contributed by atoms with Crippen LogP contribution in [0, 0.1) is 5.82 Å². The lowest BCUT2D eigenvalue weighted by atomic mass is 10.1. The maximum atomic E-state index is 13.5. The van der Waals surface area contributed by atoms with E-state index in [9.17, 15) is 8.78 Å². The van der Waals surface area contributed by atoms with E-state index in [1.54, 1.807) is 24.3 Å². The van der Waals surface area contributed by atoms with Crippen LogP contribution in [-0.2, 0) is 0 Å². The Morgan fingerprint density at radius 1 is 1.33 bits per heavy atom. The molecule has 0 aliphatic rings. The largest absolute Gasteiger partial charge is 0.459 e. The van der Waals surface area contributed by atoms with Crippen molar-refractivity contribution in [2.45, 2.75) is 0 Å². The molecule has 0 fully saturated rings. The molecule has 1 unspecified atom stereocenters. The van der Waals surface area contributed by atoms with E-state index in [2.05, 4.69) is 20.7 Å². The molecule has 0 amide bonds. The molecule has 0 aliphatic carbocycles. The van der Waals surface area contributed by atoms with Gasteiger partial charge in [0.25, 0.3) is 0 Å². The molecule has 15 heavy (non-hydrogen) atoms. The molecule has 0 N–H and O–H groups in total. The summed E-state index contributed by atoms with van der Waals surface area (Å²) in [5.74, 6) is -0.929. The molecular weight excluding hydrogens is 266 g/mol. The van der Waals surface area contributed by atoms with Crippen molar-refractivity contribution in [2.24, 2.45) is 0 Å². The number of rotatable bonds is 2. The topological polar surface area (TPSA) is 9.23 Å². The quantitative estimate of drug-likeness (QED) is 0.802. The van der Waals surface area contributed by atoms with Crippen LogP contribution >= 0.6 is 15.9 Å². The Morgan fingerprint density at radius 3 is 2.87 bits per heavy atom. The molecule has 0 saturated heterocycles. The minimum Gasteiger partial charge on any atom is -0.459 e. The first-order chi connectivity index (χ1) is 7.59. The molecule has 1 nitrogen and oxygen atoms in total. The molecule has 0 bridgehead atoms. The molecule has 0 radical (unpaired) electrons. The summed E-state index contributed by atoms with van der Waals surface area (Å²) in [4.78, 5) is 0. The van der Waals surface area contributed by atoms with Gasteiger partial charge in [-0.2, -0.15) is 0 Å². The summed E-state index contributed by atoms with van der Waals surface area (Å²) in [6, 6.07) is 7.99. The van der Waals surface area contributed by atoms with Crippen molar-refractivity contribution in [3.63, 3.8) is 0 Å². The molecule has 0 aliphatic heterocycles. The standard InChI is InChI=1S/C11H7BrF2O/c12-8-3-1-2-7-4-5-9(14)11(10(7)8)15-6-13/h1-5H,6H2/i6D. The third kappa shape index (κ3) is 1.81. The van der Waals surface area contributed by atoms with Crippen molar-refractivity contribution in [3.8, 4) is 5.75 Å². The third-order valence-corrected chi connectivity index (χ3v) is 2.72. The molecule has 0 saturated carbocycles. The van der Waals surface area contributed by atoms with E-state index >= 15 is 0 Å². The van der Waals surface area contributed by atoms with Gasteiger partial charge in [0.15, 0.2) is 11.6 Å². The van der Waals surface area contributed by atoms with Crippen LogP contribution in [0.15, 0.2) is 34.8 Å². The normalized spacial score (nSPS) is 13.7. The zero-order chi connectivity index (χ0) is 11.7. The van der Waals surface area contributed by atoms with Gasteiger partial charge in [-0.05, 0) is 17.5 Å². The molecule has 2 rings (SSSR count). The molecular formula is C11H7BrF2O. The highest BCUT2D eigenvalue weighted by atomic mass is 79.9. The summed E-state index contributed by atoms with van der Waals surface area (Å²) in [5, 5.41) is 1.14. The summed E-state index contributed by atoms with van der Waals surface area (Å²) in [6.07, 6.45) is 0. The van der Waals surface area contributed by atoms with E-state index < -0.39 is 12.7 Å². The first-order valence-corrected chi connectivity index (χ1v) is 4.98. The summed E-state index contributed by atoms with van der Waals surface area (Å²) in [5.41, 5.74) is 0. The molecule has 4 heteroatoms. The van der Waals surface area contributed by atoms with Gasteiger partial charge in [-0.1, -0.05) is 34.1 Å². The van der Waals surface area contributed by atoms with E-state index in [1.165, 1.54) is 6.07 Å². The fraction of sp³-hybridized carbons (Fsp3) is 0.0909. The molecule has 1 atom stereocenters. The number of hydrogen-bond donors (Lipinski definition) is 0. The van der Waals surface area contributed by atoms with Crippen LogP contribution in [0.1, 0.15) is 1.37 Å². The van der Waals surface area contributed by atoms with Crippen LogP contribution in [0.25, 0.3) is 10.8 Å². The van der Waals surface area contributed by atoms with Crippen molar-refractivity contribution in [3.05, 3.63) is 40.6 Å². The van der Waals surface area contributed by atoms with Crippen molar-refractivity contribution in [2.75, 3.05) is 6.84 Å². The average molecular weight is 274 g/mol. The lowest BCUT2D eigenvalue weighted by Gasteiger charge is -2.08. The Kier molecular flexibility index (Phi) is 2.51. The van der Waals surface area contributed by atoms with Crippen LogP contribution in [-0.4, -0.2) is 6.84 Å². The van der Waals surface area contributed by atoms with E-state index in [0.717, 1.165) is 0 Å². The Morgan fingerprint density at radius 2 is 2.13 bits per heavy atom. The predicted molar refractivity (Wildman–Crippen MR) is 58.2 cm³/mol. The van der Waals surface area contributed by atoms with Gasteiger partial charge in [0.1, 0.15) is 1.37 Å². The molecule has 0 spiro atoms. The monoisotopic (exact) mass is 273 g/mol. The van der Waals surface area contributed by atoms with Gasteiger partial charge in [-0.3, -0.25) is 0 Å². The fourth-order valence-corrected chi connectivity index (χ4v) is 2.00. The predicted octanol–water partition coefficient (Wildman–Crippen LogP) is 4.05. The van der Waals surface area contributed by atoms with E-state index in [4.69, 9.17) is 1.37 Å². The highest BCUT2D eigenvalue weighted by Gasteiger charge is 2.11. The van der Waals surface area contributed by atoms with E-state index in [0.29, 0.717) is 15.2 Å². The lowest BCUT2D eigenvalue weighted by molar-refractivity contribution is 0.187. The third-order valence-electron chi connectivity index (χ3n) is 2.06. The number of hydrogen-bond acceptors (Lipinski definition) is 1. The lowest BCUT2D eigenvalue weighted by Crippen LogP contribution is -1.95. The first-order valence-electron chi connectivity index (χ1n) is 4.77. The zero-order valence-corrected chi connectivity index (χ0v) is 9.09. The maximum Gasteiger partial charge on any atom is 0.228 e. The van der Waals surface area contributed by atoms with E-state index in [1.807, 2.05) is 0 Å². The fourth-order valence-electron chi connectivity index (χ4n) is 1.44. The molecule has 78 valence electrons. The Labute approximate surface area is 95.2 Å². The highest BCUT2D eigenvalue weighted by molar-refractivity contribution is 9.10. The maximum absolute atomic E-state index is 13.5. The Bertz CT molecular complexity index is 531. The van der Waals surface area contributed by atoms with Gasteiger partial charge in [0.05, 0.1) is 0 Å². The number of benzene rings is 2. The average Bonchev–Trinajstić information content (AvgIpc) is 2.22. The highest BCUT2D eigenvalue weighted by Crippen LogP contribution is 2.34. The molecule has 2 aromatic rings. The molecule has 2 aromatic carbocycles. The molecule has 0 aromatic heterocycles. The smallest absolute Gasteiger partial charge is 0.228 e. The summed E-state index contributed by atoms with van der Waals surface area (Å²) >= 11 is 3.24. The first kappa shape index (κ1) is 9.09. The van der Waals surface area contributed by atoms with Crippen LogP contribution < -0.4 is 4.74 Å². The number of alkyl halides is 1. The van der Waals surface area contributed by atoms with Crippen molar-refractivity contribution in [1.29, 1.82) is 0 Å². The van der Waals surface area contributed by atoms with Gasteiger partial charge < -0.3 is 4.74 Å². The summed E-state index contributed by atoms with van der Waals surface area (Å²) < 4.78 is 37.8. The Hall–Kier alpha value is -1.16. The number of fused-ring (bicyclic) bond motifs is 1. The van der Waals surface area contributed by atoms with Gasteiger partial charge in [0.2, 0.25) is 6.84 Å². The van der Waals surface area contributed by atoms with Gasteiger partial charge in [-0.25, -0.2) is 8.78 Å². The zero-order valence-electron chi connectivity index (χ0n) is 8.51. The van der Waals surface area contributed by atoms with Crippen molar-refractivity contribution in [1.82, 2.24) is 0 Å².